The standard InChI is InChI=1S/C15H24N2O/c1-4-18-14-6-5-7-16-15(14)17-13-9-11(2)8-12(3)10-13/h5-7,11-13H,4,8-10H2,1-3H3,(H,16,17). The fraction of sp³-hybridized carbons (Fsp3) is 0.667. The van der Waals surface area contributed by atoms with Gasteiger partial charge in [0, 0.05) is 12.2 Å². The second kappa shape index (κ2) is 6.07. The molecule has 18 heavy (non-hydrogen) atoms. The number of anilines is 1. The van der Waals surface area contributed by atoms with E-state index in [-0.39, 0.29) is 0 Å². The summed E-state index contributed by atoms with van der Waals surface area (Å²) in [5.74, 6) is 3.35. The van der Waals surface area contributed by atoms with Crippen molar-refractivity contribution in [2.45, 2.75) is 46.1 Å². The van der Waals surface area contributed by atoms with Crippen molar-refractivity contribution < 1.29 is 4.74 Å². The molecule has 0 bridgehead atoms. The Labute approximate surface area is 110 Å². The quantitative estimate of drug-likeness (QED) is 0.882. The summed E-state index contributed by atoms with van der Waals surface area (Å²) in [7, 11) is 0. The Morgan fingerprint density at radius 2 is 2.00 bits per heavy atom. The van der Waals surface area contributed by atoms with Crippen molar-refractivity contribution in [3.8, 4) is 5.75 Å². The molecule has 1 aliphatic carbocycles. The Morgan fingerprint density at radius 1 is 1.28 bits per heavy atom. The van der Waals surface area contributed by atoms with E-state index < -0.39 is 0 Å². The van der Waals surface area contributed by atoms with E-state index in [1.807, 2.05) is 25.3 Å². The minimum absolute atomic E-state index is 0.526. The van der Waals surface area contributed by atoms with Crippen molar-refractivity contribution in [1.82, 2.24) is 4.98 Å². The van der Waals surface area contributed by atoms with Gasteiger partial charge in [0.2, 0.25) is 0 Å². The number of aromatic nitrogens is 1. The topological polar surface area (TPSA) is 34.1 Å². The predicted molar refractivity (Wildman–Crippen MR) is 75.0 cm³/mol. The first-order chi connectivity index (χ1) is 8.69. The molecular formula is C15H24N2O. The van der Waals surface area contributed by atoms with E-state index >= 15 is 0 Å². The Kier molecular flexibility index (Phi) is 4.45. The largest absolute Gasteiger partial charge is 0.490 e. The zero-order valence-electron chi connectivity index (χ0n) is 11.6. The van der Waals surface area contributed by atoms with Crippen LogP contribution in [0.25, 0.3) is 0 Å². The van der Waals surface area contributed by atoms with Crippen LogP contribution in [-0.2, 0) is 0 Å². The minimum Gasteiger partial charge on any atom is -0.490 e. The third kappa shape index (κ3) is 3.37. The van der Waals surface area contributed by atoms with E-state index in [2.05, 4.69) is 24.1 Å². The first-order valence-electron chi connectivity index (χ1n) is 7.03. The van der Waals surface area contributed by atoms with E-state index in [4.69, 9.17) is 4.74 Å². The Bertz CT molecular complexity index is 371. The smallest absolute Gasteiger partial charge is 0.168 e. The zero-order chi connectivity index (χ0) is 13.0. The molecule has 0 spiro atoms. The maximum atomic E-state index is 5.61. The second-order valence-corrected chi connectivity index (χ2v) is 5.54. The molecule has 1 fully saturated rings. The highest BCUT2D eigenvalue weighted by molar-refractivity contribution is 5.50. The fourth-order valence-corrected chi connectivity index (χ4v) is 3.03. The highest BCUT2D eigenvalue weighted by atomic mass is 16.5. The van der Waals surface area contributed by atoms with E-state index in [0.717, 1.165) is 23.4 Å². The average molecular weight is 248 g/mol. The van der Waals surface area contributed by atoms with Crippen LogP contribution >= 0.6 is 0 Å². The number of hydrogen-bond donors (Lipinski definition) is 1. The fourth-order valence-electron chi connectivity index (χ4n) is 3.03. The molecule has 1 aromatic heterocycles. The molecule has 3 heteroatoms. The summed E-state index contributed by atoms with van der Waals surface area (Å²) < 4.78 is 5.61. The minimum atomic E-state index is 0.526. The molecule has 0 radical (unpaired) electrons. The van der Waals surface area contributed by atoms with Crippen LogP contribution in [0.1, 0.15) is 40.0 Å². The highest BCUT2D eigenvalue weighted by Gasteiger charge is 2.24. The van der Waals surface area contributed by atoms with E-state index in [9.17, 15) is 0 Å². The number of rotatable bonds is 4. The average Bonchev–Trinajstić information content (AvgIpc) is 2.30. The van der Waals surface area contributed by atoms with Gasteiger partial charge >= 0.3 is 0 Å². The normalized spacial score (nSPS) is 27.8. The number of pyridine rings is 1. The molecule has 1 aliphatic rings. The molecular weight excluding hydrogens is 224 g/mol. The summed E-state index contributed by atoms with van der Waals surface area (Å²) in [6, 6.07) is 4.43. The zero-order valence-corrected chi connectivity index (χ0v) is 11.6. The van der Waals surface area contributed by atoms with Crippen molar-refractivity contribution in [3.63, 3.8) is 0 Å². The molecule has 0 amide bonds. The molecule has 1 heterocycles. The number of nitrogens with one attached hydrogen (secondary N) is 1. The number of ether oxygens (including phenoxy) is 1. The number of nitrogens with zero attached hydrogens (tertiary/aromatic N) is 1. The molecule has 0 aliphatic heterocycles. The molecule has 2 rings (SSSR count). The van der Waals surface area contributed by atoms with Crippen LogP contribution in [0.5, 0.6) is 5.75 Å². The Morgan fingerprint density at radius 3 is 2.67 bits per heavy atom. The van der Waals surface area contributed by atoms with Gasteiger partial charge in [0.25, 0.3) is 0 Å². The molecule has 0 saturated heterocycles. The molecule has 1 aromatic rings. The maximum absolute atomic E-state index is 5.61. The lowest BCUT2D eigenvalue weighted by Crippen LogP contribution is -2.30. The predicted octanol–water partition coefficient (Wildman–Crippen LogP) is 3.72. The van der Waals surface area contributed by atoms with Gasteiger partial charge in [0.05, 0.1) is 6.61 Å². The number of hydrogen-bond acceptors (Lipinski definition) is 3. The SMILES string of the molecule is CCOc1cccnc1NC1CC(C)CC(C)C1. The summed E-state index contributed by atoms with van der Waals surface area (Å²) in [4.78, 5) is 4.41. The maximum Gasteiger partial charge on any atom is 0.168 e. The second-order valence-electron chi connectivity index (χ2n) is 5.54. The van der Waals surface area contributed by atoms with Crippen LogP contribution < -0.4 is 10.1 Å². The van der Waals surface area contributed by atoms with Crippen molar-refractivity contribution in [1.29, 1.82) is 0 Å². The third-order valence-corrected chi connectivity index (χ3v) is 3.59. The van der Waals surface area contributed by atoms with Gasteiger partial charge < -0.3 is 10.1 Å². The van der Waals surface area contributed by atoms with Crippen molar-refractivity contribution >= 4 is 5.82 Å². The van der Waals surface area contributed by atoms with Gasteiger partial charge in [0.15, 0.2) is 11.6 Å². The van der Waals surface area contributed by atoms with Gasteiger partial charge in [-0.2, -0.15) is 0 Å². The monoisotopic (exact) mass is 248 g/mol. The van der Waals surface area contributed by atoms with Gasteiger partial charge in [-0.25, -0.2) is 4.98 Å². The molecule has 1 N–H and O–H groups in total. The molecule has 2 unspecified atom stereocenters. The molecule has 0 aromatic carbocycles. The summed E-state index contributed by atoms with van der Waals surface area (Å²) >= 11 is 0. The third-order valence-electron chi connectivity index (χ3n) is 3.59. The van der Waals surface area contributed by atoms with Crippen LogP contribution in [0.4, 0.5) is 5.82 Å². The molecule has 3 nitrogen and oxygen atoms in total. The van der Waals surface area contributed by atoms with Crippen LogP contribution in [0.15, 0.2) is 18.3 Å². The van der Waals surface area contributed by atoms with Crippen molar-refractivity contribution in [3.05, 3.63) is 18.3 Å². The summed E-state index contributed by atoms with van der Waals surface area (Å²) in [6.07, 6.45) is 5.62. The lowest BCUT2D eigenvalue weighted by molar-refractivity contribution is 0.279. The van der Waals surface area contributed by atoms with Gasteiger partial charge in [-0.3, -0.25) is 0 Å². The van der Waals surface area contributed by atoms with Crippen LogP contribution in [0.3, 0.4) is 0 Å². The summed E-state index contributed by atoms with van der Waals surface area (Å²) in [6.45, 7) is 7.36. The lowest BCUT2D eigenvalue weighted by atomic mass is 9.80. The van der Waals surface area contributed by atoms with E-state index in [0.29, 0.717) is 12.6 Å². The lowest BCUT2D eigenvalue weighted by Gasteiger charge is -2.32. The van der Waals surface area contributed by atoms with Crippen molar-refractivity contribution in [2.24, 2.45) is 11.8 Å². The molecule has 1 saturated carbocycles. The molecule has 2 atom stereocenters. The Balaban J connectivity index is 2.04. The summed E-state index contributed by atoms with van der Waals surface area (Å²) in [5.41, 5.74) is 0. The van der Waals surface area contributed by atoms with Gasteiger partial charge in [0.1, 0.15) is 0 Å². The first-order valence-corrected chi connectivity index (χ1v) is 7.03. The van der Waals surface area contributed by atoms with Gasteiger partial charge in [-0.05, 0) is 50.2 Å². The van der Waals surface area contributed by atoms with Gasteiger partial charge in [-0.1, -0.05) is 13.8 Å². The summed E-state index contributed by atoms with van der Waals surface area (Å²) in [5, 5.41) is 3.56. The van der Waals surface area contributed by atoms with Crippen LogP contribution in [0, 0.1) is 11.8 Å². The van der Waals surface area contributed by atoms with Crippen LogP contribution in [0.2, 0.25) is 0 Å². The highest BCUT2D eigenvalue weighted by Crippen LogP contribution is 2.32. The molecule has 100 valence electrons. The van der Waals surface area contributed by atoms with Gasteiger partial charge in [-0.15, -0.1) is 0 Å². The first kappa shape index (κ1) is 13.2. The van der Waals surface area contributed by atoms with E-state index in [1.54, 1.807) is 0 Å². The van der Waals surface area contributed by atoms with Crippen LogP contribution in [-0.4, -0.2) is 17.6 Å². The van der Waals surface area contributed by atoms with E-state index in [1.165, 1.54) is 19.3 Å². The van der Waals surface area contributed by atoms with Crippen molar-refractivity contribution in [2.75, 3.05) is 11.9 Å². The Hall–Kier alpha value is -1.25.